The molecular weight excluding hydrogens is 274 g/mol. The Hall–Kier alpha value is -2.62. The molecule has 0 N–H and O–H groups in total. The van der Waals surface area contributed by atoms with Crippen LogP contribution in [0.15, 0.2) is 53.2 Å². The molecule has 0 spiro atoms. The fourth-order valence-electron chi connectivity index (χ4n) is 2.64. The molecule has 1 aliphatic rings. The Balaban J connectivity index is 1.91. The van der Waals surface area contributed by atoms with E-state index in [4.69, 9.17) is 4.74 Å². The van der Waals surface area contributed by atoms with Crippen molar-refractivity contribution in [2.24, 2.45) is 4.99 Å². The minimum Gasteiger partial charge on any atom is -0.439 e. The van der Waals surface area contributed by atoms with Crippen LogP contribution in [0.2, 0.25) is 0 Å². The molecule has 22 heavy (non-hydrogen) atoms. The van der Waals surface area contributed by atoms with Gasteiger partial charge in [0.05, 0.1) is 0 Å². The van der Waals surface area contributed by atoms with E-state index >= 15 is 0 Å². The second-order valence-corrected chi connectivity index (χ2v) is 5.43. The van der Waals surface area contributed by atoms with Crippen LogP contribution in [0.4, 0.5) is 0 Å². The summed E-state index contributed by atoms with van der Waals surface area (Å²) in [5.41, 5.74) is 4.77. The number of ether oxygens (including phenoxy) is 1. The van der Waals surface area contributed by atoms with Gasteiger partial charge in [0.25, 0.3) is 0 Å². The Bertz CT molecular complexity index is 735. The van der Waals surface area contributed by atoms with Gasteiger partial charge in [-0.2, -0.15) is 0 Å². The zero-order valence-corrected chi connectivity index (χ0v) is 13.1. The SMILES string of the molecule is CC1=C(c2ccc(Oc3ccccn3)cc2C)N(C)CN=C1. The highest BCUT2D eigenvalue weighted by Gasteiger charge is 2.15. The number of aryl methyl sites for hydroxylation is 1. The maximum atomic E-state index is 5.79. The molecule has 4 nitrogen and oxygen atoms in total. The average molecular weight is 293 g/mol. The van der Waals surface area contributed by atoms with Crippen molar-refractivity contribution in [2.45, 2.75) is 13.8 Å². The van der Waals surface area contributed by atoms with Gasteiger partial charge in [0.15, 0.2) is 0 Å². The van der Waals surface area contributed by atoms with Crippen LogP contribution in [0.1, 0.15) is 18.1 Å². The molecular formula is C18H19N3O. The van der Waals surface area contributed by atoms with Crippen molar-refractivity contribution < 1.29 is 4.74 Å². The number of aromatic nitrogens is 1. The van der Waals surface area contributed by atoms with Crippen LogP contribution >= 0.6 is 0 Å². The monoisotopic (exact) mass is 293 g/mol. The first kappa shape index (κ1) is 14.3. The van der Waals surface area contributed by atoms with Crippen molar-refractivity contribution >= 4 is 11.9 Å². The maximum Gasteiger partial charge on any atom is 0.219 e. The normalized spacial score (nSPS) is 14.4. The molecule has 0 bridgehead atoms. The Labute approximate surface area is 130 Å². The van der Waals surface area contributed by atoms with Gasteiger partial charge >= 0.3 is 0 Å². The molecule has 0 radical (unpaired) electrons. The van der Waals surface area contributed by atoms with Gasteiger partial charge < -0.3 is 9.64 Å². The van der Waals surface area contributed by atoms with Crippen LogP contribution in [0.25, 0.3) is 5.70 Å². The topological polar surface area (TPSA) is 37.7 Å². The van der Waals surface area contributed by atoms with Gasteiger partial charge in [0, 0.05) is 36.8 Å². The minimum absolute atomic E-state index is 0.604. The summed E-state index contributed by atoms with van der Waals surface area (Å²) >= 11 is 0. The van der Waals surface area contributed by atoms with Gasteiger partial charge in [-0.25, -0.2) is 4.98 Å². The summed E-state index contributed by atoms with van der Waals surface area (Å²) in [4.78, 5) is 10.7. The van der Waals surface area contributed by atoms with Crippen molar-refractivity contribution in [3.63, 3.8) is 0 Å². The highest BCUT2D eigenvalue weighted by molar-refractivity contribution is 5.91. The van der Waals surface area contributed by atoms with Gasteiger partial charge in [-0.05, 0) is 49.2 Å². The van der Waals surface area contributed by atoms with E-state index in [-0.39, 0.29) is 0 Å². The number of rotatable bonds is 3. The van der Waals surface area contributed by atoms with E-state index in [0.29, 0.717) is 12.5 Å². The van der Waals surface area contributed by atoms with Crippen molar-refractivity contribution in [3.8, 4) is 11.6 Å². The van der Waals surface area contributed by atoms with Crippen LogP contribution < -0.4 is 4.74 Å². The summed E-state index contributed by atoms with van der Waals surface area (Å²) in [5.74, 6) is 1.40. The summed E-state index contributed by atoms with van der Waals surface area (Å²) in [6.07, 6.45) is 3.66. The van der Waals surface area contributed by atoms with E-state index in [1.54, 1.807) is 6.20 Å². The first-order valence-electron chi connectivity index (χ1n) is 7.27. The van der Waals surface area contributed by atoms with Gasteiger partial charge in [-0.1, -0.05) is 6.07 Å². The van der Waals surface area contributed by atoms with E-state index in [2.05, 4.69) is 41.8 Å². The van der Waals surface area contributed by atoms with Gasteiger partial charge in [-0.15, -0.1) is 0 Å². The zero-order valence-electron chi connectivity index (χ0n) is 13.1. The predicted molar refractivity (Wildman–Crippen MR) is 89.2 cm³/mol. The van der Waals surface area contributed by atoms with Crippen LogP contribution in [-0.2, 0) is 0 Å². The van der Waals surface area contributed by atoms with Crippen LogP contribution in [0.5, 0.6) is 11.6 Å². The third-order valence-corrected chi connectivity index (χ3v) is 3.65. The number of hydrogen-bond donors (Lipinski definition) is 0. The molecule has 0 amide bonds. The molecule has 0 aliphatic carbocycles. The second kappa shape index (κ2) is 6.02. The fraction of sp³-hybridized carbons (Fsp3) is 0.222. The largest absolute Gasteiger partial charge is 0.439 e. The third-order valence-electron chi connectivity index (χ3n) is 3.65. The van der Waals surface area contributed by atoms with Crippen molar-refractivity contribution in [2.75, 3.05) is 13.7 Å². The first-order valence-corrected chi connectivity index (χ1v) is 7.27. The standard InChI is InChI=1S/C18H19N3O/c1-13-10-15(22-17-6-4-5-9-20-17)7-8-16(13)18-14(2)11-19-12-21(18)3/h4-11H,12H2,1-3H3. The number of benzene rings is 1. The summed E-state index contributed by atoms with van der Waals surface area (Å²) in [6, 6.07) is 11.8. The summed E-state index contributed by atoms with van der Waals surface area (Å²) in [5, 5.41) is 0. The average Bonchev–Trinajstić information content (AvgIpc) is 2.50. The molecule has 1 aromatic heterocycles. The predicted octanol–water partition coefficient (Wildman–Crippen LogP) is 3.89. The van der Waals surface area contributed by atoms with Crippen molar-refractivity contribution in [1.82, 2.24) is 9.88 Å². The van der Waals surface area contributed by atoms with Crippen molar-refractivity contribution in [1.29, 1.82) is 0 Å². The molecule has 0 saturated heterocycles. The van der Waals surface area contributed by atoms with Crippen LogP contribution in [0.3, 0.4) is 0 Å². The van der Waals surface area contributed by atoms with Gasteiger partial charge in [-0.3, -0.25) is 4.99 Å². The molecule has 0 fully saturated rings. The smallest absolute Gasteiger partial charge is 0.219 e. The lowest BCUT2D eigenvalue weighted by molar-refractivity contribution is 0.462. The summed E-state index contributed by atoms with van der Waals surface area (Å²) in [7, 11) is 2.06. The first-order chi connectivity index (χ1) is 10.6. The molecule has 2 aromatic rings. The lowest BCUT2D eigenvalue weighted by atomic mass is 10.0. The van der Waals surface area contributed by atoms with E-state index in [1.165, 1.54) is 22.4 Å². The van der Waals surface area contributed by atoms with E-state index in [1.807, 2.05) is 36.5 Å². The molecule has 2 heterocycles. The zero-order chi connectivity index (χ0) is 15.5. The Morgan fingerprint density at radius 3 is 2.68 bits per heavy atom. The summed E-state index contributed by atoms with van der Waals surface area (Å²) in [6.45, 7) is 4.88. The Morgan fingerprint density at radius 2 is 2.00 bits per heavy atom. The van der Waals surface area contributed by atoms with E-state index in [9.17, 15) is 0 Å². The molecule has 3 rings (SSSR count). The Morgan fingerprint density at radius 1 is 1.14 bits per heavy atom. The molecule has 4 heteroatoms. The van der Waals surface area contributed by atoms with Crippen LogP contribution in [-0.4, -0.2) is 29.8 Å². The molecule has 1 aromatic carbocycles. The number of allylic oxidation sites excluding steroid dienone is 1. The molecule has 0 unspecified atom stereocenters. The van der Waals surface area contributed by atoms with E-state index in [0.717, 1.165) is 5.75 Å². The molecule has 112 valence electrons. The maximum absolute atomic E-state index is 5.79. The number of pyridine rings is 1. The van der Waals surface area contributed by atoms with E-state index < -0.39 is 0 Å². The van der Waals surface area contributed by atoms with Gasteiger partial charge in [0.2, 0.25) is 5.88 Å². The number of hydrogen-bond acceptors (Lipinski definition) is 4. The minimum atomic E-state index is 0.604. The van der Waals surface area contributed by atoms with Crippen LogP contribution in [0, 0.1) is 6.92 Å². The quantitative estimate of drug-likeness (QED) is 0.861. The lowest BCUT2D eigenvalue weighted by Crippen LogP contribution is -2.22. The number of aliphatic imine (C=N–C) groups is 1. The van der Waals surface area contributed by atoms with Gasteiger partial charge in [0.1, 0.15) is 12.4 Å². The fourth-order valence-corrected chi connectivity index (χ4v) is 2.64. The molecule has 0 atom stereocenters. The third kappa shape index (κ3) is 2.86. The molecule has 0 saturated carbocycles. The molecule has 1 aliphatic heterocycles. The highest BCUT2D eigenvalue weighted by atomic mass is 16.5. The Kier molecular flexibility index (Phi) is 3.92. The second-order valence-electron chi connectivity index (χ2n) is 5.43. The summed E-state index contributed by atoms with van der Waals surface area (Å²) < 4.78 is 5.79. The van der Waals surface area contributed by atoms with Crippen molar-refractivity contribution in [3.05, 3.63) is 59.3 Å². The lowest BCUT2D eigenvalue weighted by Gasteiger charge is -2.27. The highest BCUT2D eigenvalue weighted by Crippen LogP contribution is 2.30. The number of nitrogens with zero attached hydrogens (tertiary/aromatic N) is 3.